The van der Waals surface area contributed by atoms with E-state index >= 15 is 0 Å². The van der Waals surface area contributed by atoms with Crippen molar-refractivity contribution in [3.63, 3.8) is 0 Å². The fraction of sp³-hybridized carbons (Fsp3) is 0.150. The van der Waals surface area contributed by atoms with Gasteiger partial charge in [0, 0.05) is 6.07 Å². The molecule has 0 spiro atoms. The zero-order chi connectivity index (χ0) is 22.1. The number of carbonyl (C=O) groups is 1. The lowest BCUT2D eigenvalue weighted by atomic mass is 10.1. The lowest BCUT2D eigenvalue weighted by Crippen LogP contribution is -2.11. The molecule has 10 heteroatoms. The van der Waals surface area contributed by atoms with Gasteiger partial charge in [0.1, 0.15) is 4.90 Å². The maximum Gasteiger partial charge on any atom is 0.339 e. The molecule has 0 aliphatic rings. The Bertz CT molecular complexity index is 1230. The highest BCUT2D eigenvalue weighted by Crippen LogP contribution is 2.39. The van der Waals surface area contributed by atoms with Crippen molar-refractivity contribution in [3.8, 4) is 28.7 Å². The van der Waals surface area contributed by atoms with Crippen LogP contribution in [-0.2, 0) is 14.9 Å². The van der Waals surface area contributed by atoms with Crippen molar-refractivity contribution in [3.05, 3.63) is 48.0 Å². The molecule has 3 aromatic rings. The summed E-state index contributed by atoms with van der Waals surface area (Å²) in [5.41, 5.74) is -0.206. The summed E-state index contributed by atoms with van der Waals surface area (Å²) in [7, 11) is -4.49. The Labute approximate surface area is 171 Å². The Morgan fingerprint density at radius 2 is 1.57 bits per heavy atom. The van der Waals surface area contributed by atoms with Gasteiger partial charge in [-0.1, -0.05) is 13.0 Å². The quantitative estimate of drug-likeness (QED) is 0.261. The molecule has 0 saturated heterocycles. The summed E-state index contributed by atoms with van der Waals surface area (Å²) in [5.74, 6) is -3.90. The third kappa shape index (κ3) is 4.18. The van der Waals surface area contributed by atoms with Gasteiger partial charge in [0.2, 0.25) is 5.75 Å². The lowest BCUT2D eigenvalue weighted by Gasteiger charge is -2.12. The van der Waals surface area contributed by atoms with E-state index in [1.54, 1.807) is 6.92 Å². The zero-order valence-corrected chi connectivity index (χ0v) is 16.5. The zero-order valence-electron chi connectivity index (χ0n) is 15.7. The van der Waals surface area contributed by atoms with Crippen LogP contribution in [0.15, 0.2) is 47.4 Å². The Hall–Kier alpha value is -3.66. The van der Waals surface area contributed by atoms with E-state index in [1.807, 2.05) is 0 Å². The number of hydrogen-bond donors (Lipinski definition) is 4. The molecular formula is C20H18O9S. The monoisotopic (exact) mass is 434 g/mol. The molecule has 0 radical (unpaired) electrons. The molecule has 0 aromatic heterocycles. The highest BCUT2D eigenvalue weighted by atomic mass is 32.2. The van der Waals surface area contributed by atoms with Gasteiger partial charge in [0.15, 0.2) is 23.0 Å². The van der Waals surface area contributed by atoms with E-state index in [4.69, 9.17) is 8.92 Å². The van der Waals surface area contributed by atoms with E-state index in [-0.39, 0.29) is 22.8 Å². The van der Waals surface area contributed by atoms with Gasteiger partial charge in [0.25, 0.3) is 0 Å². The maximum absolute atomic E-state index is 12.7. The van der Waals surface area contributed by atoms with Gasteiger partial charge in [-0.25, -0.2) is 4.79 Å². The van der Waals surface area contributed by atoms with Gasteiger partial charge < -0.3 is 29.3 Å². The summed E-state index contributed by atoms with van der Waals surface area (Å²) in [6, 6.07) is 8.09. The fourth-order valence-electron chi connectivity index (χ4n) is 2.63. The molecule has 0 heterocycles. The number of rotatable bonds is 6. The maximum atomic E-state index is 12.7. The van der Waals surface area contributed by atoms with Crippen LogP contribution < -0.4 is 4.18 Å². The standard InChI is InChI=1S/C20H18O9S/c1-2-5-28-20(25)13-9-17(23)19(24)18(10-13)29-30(26,27)14-4-3-11-7-15(21)16(22)8-12(11)6-14/h3-4,6-10,21-24H,2,5H2,1H3. The molecule has 0 atom stereocenters. The van der Waals surface area contributed by atoms with Crippen molar-refractivity contribution in [2.45, 2.75) is 18.2 Å². The molecule has 4 N–H and O–H groups in total. The van der Waals surface area contributed by atoms with Crippen LogP contribution in [0.3, 0.4) is 0 Å². The molecule has 0 unspecified atom stereocenters. The smallest absolute Gasteiger partial charge is 0.339 e. The molecule has 0 amide bonds. The third-order valence-corrected chi connectivity index (χ3v) is 5.35. The normalized spacial score (nSPS) is 11.4. The van der Waals surface area contributed by atoms with E-state index in [2.05, 4.69) is 0 Å². The largest absolute Gasteiger partial charge is 0.504 e. The number of phenolic OH excluding ortho intramolecular Hbond substituents is 4. The number of esters is 1. The predicted molar refractivity (Wildman–Crippen MR) is 105 cm³/mol. The van der Waals surface area contributed by atoms with E-state index in [9.17, 15) is 33.6 Å². The summed E-state index contributed by atoms with van der Waals surface area (Å²) in [6.07, 6.45) is 0.558. The number of carbonyl (C=O) groups excluding carboxylic acids is 1. The molecule has 30 heavy (non-hydrogen) atoms. The minimum atomic E-state index is -4.49. The van der Waals surface area contributed by atoms with Gasteiger partial charge in [-0.3, -0.25) is 0 Å². The number of phenols is 4. The number of benzene rings is 3. The van der Waals surface area contributed by atoms with Gasteiger partial charge in [-0.2, -0.15) is 8.42 Å². The molecule has 0 aliphatic carbocycles. The number of ether oxygens (including phenoxy) is 1. The van der Waals surface area contributed by atoms with Crippen LogP contribution in [0.1, 0.15) is 23.7 Å². The second kappa shape index (κ2) is 7.99. The van der Waals surface area contributed by atoms with Gasteiger partial charge >= 0.3 is 16.1 Å². The van der Waals surface area contributed by atoms with Crippen LogP contribution in [0.2, 0.25) is 0 Å². The topological polar surface area (TPSA) is 151 Å². The molecule has 0 saturated carbocycles. The first-order valence-corrected chi connectivity index (χ1v) is 10.2. The van der Waals surface area contributed by atoms with Gasteiger partial charge in [-0.05, 0) is 47.5 Å². The molecule has 158 valence electrons. The molecule has 0 fully saturated rings. The Balaban J connectivity index is 1.98. The minimum Gasteiger partial charge on any atom is -0.504 e. The lowest BCUT2D eigenvalue weighted by molar-refractivity contribution is 0.0504. The first kappa shape index (κ1) is 21.1. The van der Waals surface area contributed by atoms with E-state index in [0.717, 1.165) is 12.1 Å². The van der Waals surface area contributed by atoms with Crippen LogP contribution in [0, 0.1) is 0 Å². The molecule has 3 aromatic carbocycles. The van der Waals surface area contributed by atoms with Gasteiger partial charge in [-0.15, -0.1) is 0 Å². The molecule has 0 aliphatic heterocycles. The summed E-state index contributed by atoms with van der Waals surface area (Å²) < 4.78 is 35.2. The van der Waals surface area contributed by atoms with Crippen molar-refractivity contribution < 1.29 is 42.6 Å². The summed E-state index contributed by atoms with van der Waals surface area (Å²) in [6.45, 7) is 1.90. The van der Waals surface area contributed by atoms with E-state index in [0.29, 0.717) is 17.2 Å². The van der Waals surface area contributed by atoms with Crippen LogP contribution in [0.4, 0.5) is 0 Å². The van der Waals surface area contributed by atoms with Crippen LogP contribution in [0.25, 0.3) is 10.8 Å². The van der Waals surface area contributed by atoms with Crippen molar-refractivity contribution in [2.24, 2.45) is 0 Å². The van der Waals surface area contributed by atoms with Crippen LogP contribution >= 0.6 is 0 Å². The number of aromatic hydroxyl groups is 4. The number of hydrogen-bond acceptors (Lipinski definition) is 9. The SMILES string of the molecule is CCCOC(=O)c1cc(O)c(O)c(OS(=O)(=O)c2ccc3cc(O)c(O)cc3c2)c1. The Morgan fingerprint density at radius 1 is 0.900 bits per heavy atom. The number of fused-ring (bicyclic) bond motifs is 1. The van der Waals surface area contributed by atoms with Crippen molar-refractivity contribution in [1.29, 1.82) is 0 Å². The van der Waals surface area contributed by atoms with Crippen LogP contribution in [0.5, 0.6) is 28.7 Å². The summed E-state index contributed by atoms with van der Waals surface area (Å²) in [5, 5.41) is 39.7. The first-order chi connectivity index (χ1) is 14.1. The van der Waals surface area contributed by atoms with E-state index < -0.39 is 39.1 Å². The van der Waals surface area contributed by atoms with E-state index in [1.165, 1.54) is 30.3 Å². The summed E-state index contributed by atoms with van der Waals surface area (Å²) >= 11 is 0. The van der Waals surface area contributed by atoms with Crippen molar-refractivity contribution in [1.82, 2.24) is 0 Å². The van der Waals surface area contributed by atoms with Crippen molar-refractivity contribution >= 4 is 26.9 Å². The molecule has 0 bridgehead atoms. The Morgan fingerprint density at radius 3 is 2.23 bits per heavy atom. The molecular weight excluding hydrogens is 416 g/mol. The fourth-order valence-corrected chi connectivity index (χ4v) is 3.59. The second-order valence-corrected chi connectivity index (χ2v) is 7.91. The minimum absolute atomic E-state index is 0.119. The molecule has 3 rings (SSSR count). The predicted octanol–water partition coefficient (Wildman–Crippen LogP) is 3.00. The Kier molecular flexibility index (Phi) is 5.61. The highest BCUT2D eigenvalue weighted by Gasteiger charge is 2.23. The van der Waals surface area contributed by atoms with Crippen LogP contribution in [-0.4, -0.2) is 41.4 Å². The van der Waals surface area contributed by atoms with Crippen molar-refractivity contribution in [2.75, 3.05) is 6.61 Å². The average Bonchev–Trinajstić information content (AvgIpc) is 2.69. The third-order valence-electron chi connectivity index (χ3n) is 4.12. The second-order valence-electron chi connectivity index (χ2n) is 6.37. The van der Waals surface area contributed by atoms with Gasteiger partial charge in [0.05, 0.1) is 12.2 Å². The average molecular weight is 434 g/mol. The first-order valence-electron chi connectivity index (χ1n) is 8.75. The highest BCUT2D eigenvalue weighted by molar-refractivity contribution is 7.87. The summed E-state index contributed by atoms with van der Waals surface area (Å²) in [4.78, 5) is 11.7. The molecule has 9 nitrogen and oxygen atoms in total.